The zero-order valence-corrected chi connectivity index (χ0v) is 20.4. The standard InChI is InChI=1S/C23H34N6O5S/c24-23(25)26-13-5-8-17(14-30)27-21(31)20-12-11-18-9-4-10-19(22(32)29(18)20)28-35(33,34)15-16-6-2-1-3-7-16/h1-3,6-7,14,17-20,28H,4-5,8-13,15H2,(H,27,31)(H4,24,25,26)/t17-,18?,19?,20?/m0/s1. The van der Waals surface area contributed by atoms with Crippen LogP contribution in [0.2, 0.25) is 0 Å². The maximum Gasteiger partial charge on any atom is 0.243 e. The summed E-state index contributed by atoms with van der Waals surface area (Å²) in [6, 6.07) is 6.21. The van der Waals surface area contributed by atoms with E-state index >= 15 is 0 Å². The summed E-state index contributed by atoms with van der Waals surface area (Å²) >= 11 is 0. The molecule has 2 aliphatic rings. The zero-order valence-electron chi connectivity index (χ0n) is 19.6. The topological polar surface area (TPSA) is 175 Å². The average molecular weight is 507 g/mol. The third-order valence-corrected chi connectivity index (χ3v) is 7.77. The highest BCUT2D eigenvalue weighted by molar-refractivity contribution is 7.88. The molecule has 1 aromatic carbocycles. The highest BCUT2D eigenvalue weighted by Gasteiger charge is 2.45. The fraction of sp³-hybridized carbons (Fsp3) is 0.565. The summed E-state index contributed by atoms with van der Waals surface area (Å²) < 4.78 is 28.1. The van der Waals surface area contributed by atoms with Crippen molar-refractivity contribution in [3.63, 3.8) is 0 Å². The molecule has 35 heavy (non-hydrogen) atoms. The van der Waals surface area contributed by atoms with Crippen molar-refractivity contribution in [3.05, 3.63) is 35.9 Å². The second kappa shape index (κ2) is 12.1. The molecule has 2 saturated heterocycles. The van der Waals surface area contributed by atoms with E-state index < -0.39 is 40.0 Å². The van der Waals surface area contributed by atoms with Crippen LogP contribution >= 0.6 is 0 Å². The molecule has 192 valence electrons. The first-order valence-corrected chi connectivity index (χ1v) is 13.5. The van der Waals surface area contributed by atoms with Crippen molar-refractivity contribution in [1.82, 2.24) is 20.3 Å². The molecule has 4 atom stereocenters. The van der Waals surface area contributed by atoms with E-state index in [2.05, 4.69) is 15.4 Å². The van der Waals surface area contributed by atoms with Gasteiger partial charge in [0.1, 0.15) is 18.4 Å². The van der Waals surface area contributed by atoms with Gasteiger partial charge in [0.05, 0.1) is 11.8 Å². The Labute approximate surface area is 205 Å². The number of hydrogen-bond acceptors (Lipinski definition) is 6. The first-order valence-electron chi connectivity index (χ1n) is 11.9. The second-order valence-corrected chi connectivity index (χ2v) is 10.8. The van der Waals surface area contributed by atoms with Gasteiger partial charge in [-0.1, -0.05) is 30.3 Å². The van der Waals surface area contributed by atoms with Crippen LogP contribution in [-0.4, -0.2) is 68.1 Å². The Balaban J connectivity index is 1.63. The molecular weight excluding hydrogens is 472 g/mol. The van der Waals surface area contributed by atoms with Crippen LogP contribution in [0.1, 0.15) is 50.5 Å². The van der Waals surface area contributed by atoms with E-state index in [9.17, 15) is 22.8 Å². The summed E-state index contributed by atoms with van der Waals surface area (Å²) in [6.45, 7) is 0.399. The quantitative estimate of drug-likeness (QED) is 0.121. The number of rotatable bonds is 11. The minimum Gasteiger partial charge on any atom is -0.370 e. The summed E-state index contributed by atoms with van der Waals surface area (Å²) in [5, 5.41) is 12.5. The number of nitrogens with zero attached hydrogens (tertiary/aromatic N) is 1. The fourth-order valence-electron chi connectivity index (χ4n) is 4.78. The van der Waals surface area contributed by atoms with E-state index in [1.54, 1.807) is 30.3 Å². The number of nitrogens with two attached hydrogens (primary N) is 1. The van der Waals surface area contributed by atoms with E-state index in [1.165, 1.54) is 4.90 Å². The summed E-state index contributed by atoms with van der Waals surface area (Å²) in [5.41, 5.74) is 5.86. The number of sulfonamides is 1. The monoisotopic (exact) mass is 506 g/mol. The number of benzene rings is 1. The Hall–Kier alpha value is -2.99. The van der Waals surface area contributed by atoms with Crippen LogP contribution in [0.4, 0.5) is 0 Å². The van der Waals surface area contributed by atoms with Crippen molar-refractivity contribution >= 4 is 34.1 Å². The molecular formula is C23H34N6O5S. The number of nitrogens with one attached hydrogen (secondary N) is 4. The van der Waals surface area contributed by atoms with Gasteiger partial charge in [0.25, 0.3) is 0 Å². The third kappa shape index (κ3) is 7.49. The fourth-order valence-corrected chi connectivity index (χ4v) is 6.14. The van der Waals surface area contributed by atoms with Gasteiger partial charge in [0.15, 0.2) is 5.96 Å². The van der Waals surface area contributed by atoms with Crippen molar-refractivity contribution in [2.75, 3.05) is 6.54 Å². The van der Waals surface area contributed by atoms with Crippen LogP contribution in [-0.2, 0) is 30.2 Å². The van der Waals surface area contributed by atoms with E-state index in [0.29, 0.717) is 63.3 Å². The van der Waals surface area contributed by atoms with Crippen molar-refractivity contribution in [2.45, 2.75) is 74.9 Å². The molecule has 3 rings (SSSR count). The molecule has 12 heteroatoms. The third-order valence-electron chi connectivity index (χ3n) is 6.41. The summed E-state index contributed by atoms with van der Waals surface area (Å²) in [4.78, 5) is 39.5. The molecule has 0 radical (unpaired) electrons. The molecule has 0 bridgehead atoms. The minimum absolute atomic E-state index is 0.128. The Morgan fingerprint density at radius 2 is 1.94 bits per heavy atom. The molecule has 0 aromatic heterocycles. The number of carbonyl (C=O) groups excluding carboxylic acids is 3. The van der Waals surface area contributed by atoms with Crippen LogP contribution in [0.25, 0.3) is 0 Å². The van der Waals surface area contributed by atoms with E-state index in [4.69, 9.17) is 11.1 Å². The van der Waals surface area contributed by atoms with Crippen LogP contribution in [0.15, 0.2) is 30.3 Å². The largest absolute Gasteiger partial charge is 0.370 e. The first-order chi connectivity index (χ1) is 16.7. The Kier molecular flexibility index (Phi) is 9.21. The Bertz CT molecular complexity index is 1020. The number of hydrogen-bond donors (Lipinski definition) is 5. The van der Waals surface area contributed by atoms with Gasteiger partial charge in [-0.2, -0.15) is 0 Å². The SMILES string of the molecule is N=C(N)NCCC[C@@H](C=O)NC(=O)C1CCC2CCCC(NS(=O)(=O)Cc3ccccc3)C(=O)N21. The maximum absolute atomic E-state index is 13.4. The van der Waals surface area contributed by atoms with Gasteiger partial charge < -0.3 is 26.1 Å². The van der Waals surface area contributed by atoms with Crippen molar-refractivity contribution < 1.29 is 22.8 Å². The van der Waals surface area contributed by atoms with Gasteiger partial charge in [-0.25, -0.2) is 13.1 Å². The number of aldehydes is 1. The van der Waals surface area contributed by atoms with Crippen LogP contribution < -0.4 is 21.1 Å². The predicted molar refractivity (Wildman–Crippen MR) is 131 cm³/mol. The number of fused-ring (bicyclic) bond motifs is 1. The smallest absolute Gasteiger partial charge is 0.243 e. The van der Waals surface area contributed by atoms with Crippen molar-refractivity contribution in [1.29, 1.82) is 5.41 Å². The molecule has 2 fully saturated rings. The van der Waals surface area contributed by atoms with E-state index in [-0.39, 0.29) is 17.8 Å². The molecule has 2 amide bonds. The highest BCUT2D eigenvalue weighted by atomic mass is 32.2. The zero-order chi connectivity index (χ0) is 25.4. The Morgan fingerprint density at radius 3 is 2.63 bits per heavy atom. The van der Waals surface area contributed by atoms with Crippen LogP contribution in [0.5, 0.6) is 0 Å². The van der Waals surface area contributed by atoms with Crippen LogP contribution in [0.3, 0.4) is 0 Å². The van der Waals surface area contributed by atoms with Gasteiger partial charge in [0.2, 0.25) is 21.8 Å². The molecule has 11 nitrogen and oxygen atoms in total. The number of amides is 2. The summed E-state index contributed by atoms with van der Waals surface area (Å²) in [6.07, 6.45) is 4.38. The van der Waals surface area contributed by atoms with E-state index in [1.807, 2.05) is 0 Å². The molecule has 0 aliphatic carbocycles. The van der Waals surface area contributed by atoms with Gasteiger partial charge in [0, 0.05) is 12.6 Å². The Morgan fingerprint density at radius 1 is 1.20 bits per heavy atom. The molecule has 6 N–H and O–H groups in total. The van der Waals surface area contributed by atoms with Gasteiger partial charge in [-0.3, -0.25) is 15.0 Å². The highest BCUT2D eigenvalue weighted by Crippen LogP contribution is 2.32. The number of guanidine groups is 1. The van der Waals surface area contributed by atoms with Crippen LogP contribution in [0, 0.1) is 5.41 Å². The van der Waals surface area contributed by atoms with E-state index in [0.717, 1.165) is 0 Å². The molecule has 1 aromatic rings. The van der Waals surface area contributed by atoms with Crippen molar-refractivity contribution in [3.8, 4) is 0 Å². The molecule has 0 saturated carbocycles. The average Bonchev–Trinajstić information content (AvgIpc) is 3.17. The molecule has 2 aliphatic heterocycles. The van der Waals surface area contributed by atoms with Gasteiger partial charge in [-0.05, 0) is 50.5 Å². The summed E-state index contributed by atoms with van der Waals surface area (Å²) in [5.74, 6) is -1.20. The molecule has 2 heterocycles. The van der Waals surface area contributed by atoms with Crippen molar-refractivity contribution in [2.24, 2.45) is 5.73 Å². The summed E-state index contributed by atoms with van der Waals surface area (Å²) in [7, 11) is -3.77. The lowest BCUT2D eigenvalue weighted by molar-refractivity contribution is -0.141. The maximum atomic E-state index is 13.4. The number of carbonyl (C=O) groups is 3. The van der Waals surface area contributed by atoms with Gasteiger partial charge in [-0.15, -0.1) is 0 Å². The second-order valence-electron chi connectivity index (χ2n) is 9.07. The van der Waals surface area contributed by atoms with Gasteiger partial charge >= 0.3 is 0 Å². The lowest BCUT2D eigenvalue weighted by Gasteiger charge is -2.31. The first kappa shape index (κ1) is 26.6. The normalized spacial score (nSPS) is 23.1. The lowest BCUT2D eigenvalue weighted by Crippen LogP contribution is -2.55. The lowest BCUT2D eigenvalue weighted by atomic mass is 10.1. The molecule has 3 unspecified atom stereocenters. The minimum atomic E-state index is -3.77. The predicted octanol–water partition coefficient (Wildman–Crippen LogP) is -0.0349. The molecule has 0 spiro atoms.